The fourth-order valence-corrected chi connectivity index (χ4v) is 2.08. The predicted octanol–water partition coefficient (Wildman–Crippen LogP) is 3.67. The number of carbonyl (C=O) groups is 1. The van der Waals surface area contributed by atoms with E-state index in [1.165, 1.54) is 0 Å². The molecule has 5 heteroatoms. The van der Waals surface area contributed by atoms with Crippen molar-refractivity contribution in [3.63, 3.8) is 0 Å². The molecule has 4 nitrogen and oxygen atoms in total. The van der Waals surface area contributed by atoms with Crippen molar-refractivity contribution < 1.29 is 9.53 Å². The quantitative estimate of drug-likeness (QED) is 0.463. The van der Waals surface area contributed by atoms with E-state index in [-0.39, 0.29) is 11.5 Å². The van der Waals surface area contributed by atoms with Crippen molar-refractivity contribution >= 4 is 27.9 Å². The molecular weight excluding hydrogens is 332 g/mol. The van der Waals surface area contributed by atoms with Gasteiger partial charge >= 0.3 is 0 Å². The van der Waals surface area contributed by atoms with Crippen LogP contribution in [0.25, 0.3) is 6.08 Å². The lowest BCUT2D eigenvalue weighted by Gasteiger charge is -2.08. The topological polar surface area (TPSA) is 62.1 Å². The maximum Gasteiger partial charge on any atom is 0.261 e. The molecule has 1 N–H and O–H groups in total. The van der Waals surface area contributed by atoms with E-state index in [1.54, 1.807) is 6.08 Å². The fraction of sp³-hybridized carbons (Fsp3) is 0.375. The Balaban J connectivity index is 2.99. The van der Waals surface area contributed by atoms with E-state index in [0.717, 1.165) is 17.3 Å². The van der Waals surface area contributed by atoms with E-state index >= 15 is 0 Å². The van der Waals surface area contributed by atoms with Gasteiger partial charge in [-0.05, 0) is 37.6 Å². The van der Waals surface area contributed by atoms with Crippen LogP contribution >= 0.6 is 15.9 Å². The van der Waals surface area contributed by atoms with Crippen LogP contribution in [0.1, 0.15) is 32.3 Å². The standard InChI is InChI=1S/C16H19BrN2O2/c1-3-5-8-19-16(20)13(11-18)9-12-10-14(17)6-7-15(12)21-4-2/h6-7,9-10H,3-5,8H2,1-2H3,(H,19,20)/b13-9-. The predicted molar refractivity (Wildman–Crippen MR) is 86.8 cm³/mol. The number of unbranched alkanes of at least 4 members (excludes halogenated alkanes) is 1. The Morgan fingerprint density at radius 1 is 1.48 bits per heavy atom. The molecule has 0 fully saturated rings. The largest absolute Gasteiger partial charge is 0.493 e. The number of amides is 1. The monoisotopic (exact) mass is 350 g/mol. The van der Waals surface area contributed by atoms with Crippen molar-refractivity contribution in [1.29, 1.82) is 5.26 Å². The van der Waals surface area contributed by atoms with Gasteiger partial charge in [0.1, 0.15) is 17.4 Å². The number of benzene rings is 1. The van der Waals surface area contributed by atoms with Crippen LogP contribution in [0.2, 0.25) is 0 Å². The minimum absolute atomic E-state index is 0.0742. The number of halogens is 1. The van der Waals surface area contributed by atoms with E-state index < -0.39 is 0 Å². The lowest BCUT2D eigenvalue weighted by molar-refractivity contribution is -0.117. The van der Waals surface area contributed by atoms with Crippen LogP contribution in [0.4, 0.5) is 0 Å². The summed E-state index contributed by atoms with van der Waals surface area (Å²) >= 11 is 3.38. The highest BCUT2D eigenvalue weighted by atomic mass is 79.9. The molecule has 0 radical (unpaired) electrons. The van der Waals surface area contributed by atoms with Crippen molar-refractivity contribution in [2.24, 2.45) is 0 Å². The highest BCUT2D eigenvalue weighted by Gasteiger charge is 2.10. The lowest BCUT2D eigenvalue weighted by Crippen LogP contribution is -2.25. The third-order valence-electron chi connectivity index (χ3n) is 2.75. The van der Waals surface area contributed by atoms with Crippen LogP contribution in [-0.4, -0.2) is 19.1 Å². The van der Waals surface area contributed by atoms with E-state index in [1.807, 2.05) is 38.1 Å². The van der Waals surface area contributed by atoms with Crippen LogP contribution < -0.4 is 10.1 Å². The first kappa shape index (κ1) is 17.3. The molecule has 0 atom stereocenters. The molecule has 0 aliphatic carbocycles. The number of ether oxygens (including phenoxy) is 1. The number of carbonyl (C=O) groups excluding carboxylic acids is 1. The Kier molecular flexibility index (Phi) is 7.55. The Hall–Kier alpha value is -1.80. The summed E-state index contributed by atoms with van der Waals surface area (Å²) < 4.78 is 6.37. The molecule has 0 spiro atoms. The molecule has 0 saturated carbocycles. The van der Waals surface area contributed by atoms with E-state index in [9.17, 15) is 10.1 Å². The van der Waals surface area contributed by atoms with E-state index in [0.29, 0.717) is 24.5 Å². The highest BCUT2D eigenvalue weighted by Crippen LogP contribution is 2.25. The molecule has 0 heterocycles. The molecular formula is C16H19BrN2O2. The number of nitriles is 1. The molecule has 0 saturated heterocycles. The molecule has 0 aliphatic heterocycles. The molecule has 112 valence electrons. The number of nitrogens with one attached hydrogen (secondary N) is 1. The SMILES string of the molecule is CCCCNC(=O)/C(C#N)=C\c1cc(Br)ccc1OCC. The van der Waals surface area contributed by atoms with Gasteiger partial charge in [0, 0.05) is 16.6 Å². The molecule has 21 heavy (non-hydrogen) atoms. The maximum atomic E-state index is 12.0. The molecule has 0 aliphatic rings. The number of rotatable bonds is 7. The average Bonchev–Trinajstić information content (AvgIpc) is 2.47. The van der Waals surface area contributed by atoms with Gasteiger partial charge in [-0.25, -0.2) is 0 Å². The third-order valence-corrected chi connectivity index (χ3v) is 3.25. The number of nitrogens with zero attached hydrogens (tertiary/aromatic N) is 1. The van der Waals surface area contributed by atoms with Gasteiger partial charge in [-0.15, -0.1) is 0 Å². The van der Waals surface area contributed by atoms with Crippen molar-refractivity contribution in [2.45, 2.75) is 26.7 Å². The van der Waals surface area contributed by atoms with Gasteiger partial charge in [-0.1, -0.05) is 29.3 Å². The van der Waals surface area contributed by atoms with E-state index in [2.05, 4.69) is 21.2 Å². The molecule has 1 aromatic carbocycles. The molecule has 0 bridgehead atoms. The van der Waals surface area contributed by atoms with Gasteiger partial charge in [0.25, 0.3) is 5.91 Å². The smallest absolute Gasteiger partial charge is 0.261 e. The lowest BCUT2D eigenvalue weighted by atomic mass is 10.1. The Bertz CT molecular complexity index is 562. The Morgan fingerprint density at radius 3 is 2.86 bits per heavy atom. The first-order valence-corrected chi connectivity index (χ1v) is 7.74. The number of hydrogen-bond donors (Lipinski definition) is 1. The fourth-order valence-electron chi connectivity index (χ4n) is 1.70. The summed E-state index contributed by atoms with van der Waals surface area (Å²) in [4.78, 5) is 12.0. The zero-order valence-corrected chi connectivity index (χ0v) is 13.9. The van der Waals surface area contributed by atoms with Crippen molar-refractivity contribution in [3.05, 3.63) is 33.8 Å². The first-order chi connectivity index (χ1) is 10.1. The average molecular weight is 351 g/mol. The van der Waals surface area contributed by atoms with Gasteiger partial charge in [0.05, 0.1) is 6.61 Å². The summed E-state index contributed by atoms with van der Waals surface area (Å²) in [7, 11) is 0. The first-order valence-electron chi connectivity index (χ1n) is 6.94. The van der Waals surface area contributed by atoms with Gasteiger partial charge in [-0.3, -0.25) is 4.79 Å². The summed E-state index contributed by atoms with van der Waals surface area (Å²) in [5.41, 5.74) is 0.776. The van der Waals surface area contributed by atoms with Crippen LogP contribution in [0, 0.1) is 11.3 Å². The van der Waals surface area contributed by atoms with Crippen LogP contribution in [0.15, 0.2) is 28.2 Å². The molecule has 1 aromatic rings. The van der Waals surface area contributed by atoms with Crippen LogP contribution in [0.5, 0.6) is 5.75 Å². The van der Waals surface area contributed by atoms with Gasteiger partial charge in [0.15, 0.2) is 0 Å². The minimum atomic E-state index is -0.353. The molecule has 0 unspecified atom stereocenters. The van der Waals surface area contributed by atoms with Gasteiger partial charge in [-0.2, -0.15) is 5.26 Å². The zero-order chi connectivity index (χ0) is 15.7. The Morgan fingerprint density at radius 2 is 2.24 bits per heavy atom. The summed E-state index contributed by atoms with van der Waals surface area (Å²) in [5, 5.41) is 11.9. The van der Waals surface area contributed by atoms with Crippen molar-refractivity contribution in [3.8, 4) is 11.8 Å². The second-order valence-electron chi connectivity index (χ2n) is 4.39. The van der Waals surface area contributed by atoms with Gasteiger partial charge in [0.2, 0.25) is 0 Å². The second kappa shape index (κ2) is 9.19. The van der Waals surface area contributed by atoms with Crippen LogP contribution in [-0.2, 0) is 4.79 Å². The summed E-state index contributed by atoms with van der Waals surface area (Å²) in [6, 6.07) is 7.43. The molecule has 1 rings (SSSR count). The van der Waals surface area contributed by atoms with E-state index in [4.69, 9.17) is 4.74 Å². The normalized spacial score (nSPS) is 10.9. The zero-order valence-electron chi connectivity index (χ0n) is 12.3. The second-order valence-corrected chi connectivity index (χ2v) is 5.31. The maximum absolute atomic E-state index is 12.0. The summed E-state index contributed by atoms with van der Waals surface area (Å²) in [5.74, 6) is 0.295. The third kappa shape index (κ3) is 5.60. The Labute approximate surface area is 133 Å². The summed E-state index contributed by atoms with van der Waals surface area (Å²) in [6.45, 7) is 5.03. The minimum Gasteiger partial charge on any atom is -0.493 e. The summed E-state index contributed by atoms with van der Waals surface area (Å²) in [6.07, 6.45) is 3.44. The highest BCUT2D eigenvalue weighted by molar-refractivity contribution is 9.10. The van der Waals surface area contributed by atoms with Crippen LogP contribution in [0.3, 0.4) is 0 Å². The van der Waals surface area contributed by atoms with Crippen molar-refractivity contribution in [1.82, 2.24) is 5.32 Å². The van der Waals surface area contributed by atoms with Crippen molar-refractivity contribution in [2.75, 3.05) is 13.2 Å². The molecule has 1 amide bonds. The molecule has 0 aromatic heterocycles. The van der Waals surface area contributed by atoms with Gasteiger partial charge < -0.3 is 10.1 Å². The number of hydrogen-bond acceptors (Lipinski definition) is 3.